The SMILES string of the molecule is CCCNC(=O)[C@H](Cc1ccccc1)N(Cc1ccc(Cl)c(Cl)c1)C(=O)CSCc1ccccc1Cl. The van der Waals surface area contributed by atoms with Crippen molar-refractivity contribution in [2.75, 3.05) is 12.3 Å². The molecule has 36 heavy (non-hydrogen) atoms. The molecule has 1 N–H and O–H groups in total. The van der Waals surface area contributed by atoms with Gasteiger partial charge in [0.25, 0.3) is 0 Å². The first-order chi connectivity index (χ1) is 17.4. The normalized spacial score (nSPS) is 11.7. The van der Waals surface area contributed by atoms with Gasteiger partial charge in [0, 0.05) is 30.3 Å². The second kappa shape index (κ2) is 14.5. The van der Waals surface area contributed by atoms with Crippen LogP contribution in [0.3, 0.4) is 0 Å². The summed E-state index contributed by atoms with van der Waals surface area (Å²) in [5, 5.41) is 4.50. The average Bonchev–Trinajstić information content (AvgIpc) is 2.88. The molecule has 0 aromatic heterocycles. The Labute approximate surface area is 232 Å². The predicted octanol–water partition coefficient (Wildman–Crippen LogP) is 7.05. The summed E-state index contributed by atoms with van der Waals surface area (Å²) in [6.07, 6.45) is 1.21. The molecule has 0 bridgehead atoms. The number of rotatable bonds is 12. The number of hydrogen-bond acceptors (Lipinski definition) is 3. The molecule has 0 spiro atoms. The van der Waals surface area contributed by atoms with E-state index in [2.05, 4.69) is 5.32 Å². The summed E-state index contributed by atoms with van der Waals surface area (Å²) in [4.78, 5) is 28.6. The number of hydrogen-bond donors (Lipinski definition) is 1. The standard InChI is InChI=1S/C28H29Cl3N2O2S/c1-2-14-32-28(35)26(16-20-8-4-3-5-9-20)33(17-21-12-13-24(30)25(31)15-21)27(34)19-36-18-22-10-6-7-11-23(22)29/h3-13,15,26H,2,14,16-19H2,1H3,(H,32,35)/t26-/m0/s1. The van der Waals surface area contributed by atoms with E-state index in [1.807, 2.05) is 67.6 Å². The van der Waals surface area contributed by atoms with E-state index in [1.165, 1.54) is 11.8 Å². The van der Waals surface area contributed by atoms with Crippen molar-refractivity contribution in [1.29, 1.82) is 0 Å². The predicted molar refractivity (Wildman–Crippen MR) is 152 cm³/mol. The number of halogens is 3. The molecular formula is C28H29Cl3N2O2S. The van der Waals surface area contributed by atoms with Crippen LogP contribution in [0, 0.1) is 0 Å². The molecule has 0 heterocycles. The number of nitrogens with one attached hydrogen (secondary N) is 1. The van der Waals surface area contributed by atoms with Gasteiger partial charge < -0.3 is 10.2 Å². The first kappa shape index (κ1) is 28.4. The molecule has 3 aromatic rings. The zero-order valence-corrected chi connectivity index (χ0v) is 23.1. The van der Waals surface area contributed by atoms with E-state index in [-0.39, 0.29) is 24.1 Å². The summed E-state index contributed by atoms with van der Waals surface area (Å²) >= 11 is 20.1. The van der Waals surface area contributed by atoms with Gasteiger partial charge in [-0.1, -0.05) is 96.3 Å². The van der Waals surface area contributed by atoms with Crippen LogP contribution in [0.15, 0.2) is 72.8 Å². The fourth-order valence-electron chi connectivity index (χ4n) is 3.70. The number of thioether (sulfide) groups is 1. The Kier molecular flexibility index (Phi) is 11.5. The van der Waals surface area contributed by atoms with Gasteiger partial charge in [-0.3, -0.25) is 9.59 Å². The fourth-order valence-corrected chi connectivity index (χ4v) is 5.22. The second-order valence-corrected chi connectivity index (χ2v) is 10.6. The van der Waals surface area contributed by atoms with Crippen molar-refractivity contribution in [3.8, 4) is 0 Å². The van der Waals surface area contributed by atoms with Crippen LogP contribution < -0.4 is 5.32 Å². The Bertz CT molecular complexity index is 1160. The van der Waals surface area contributed by atoms with Crippen LogP contribution >= 0.6 is 46.6 Å². The molecule has 3 aromatic carbocycles. The summed E-state index contributed by atoms with van der Waals surface area (Å²) in [7, 11) is 0. The molecular weight excluding hydrogens is 535 g/mol. The summed E-state index contributed by atoms with van der Waals surface area (Å²) in [5.74, 6) is 0.493. The Morgan fingerprint density at radius 2 is 1.61 bits per heavy atom. The van der Waals surface area contributed by atoms with Crippen molar-refractivity contribution >= 4 is 58.4 Å². The van der Waals surface area contributed by atoms with Crippen molar-refractivity contribution in [3.63, 3.8) is 0 Å². The minimum atomic E-state index is -0.679. The topological polar surface area (TPSA) is 49.4 Å². The lowest BCUT2D eigenvalue weighted by molar-refractivity contribution is -0.139. The molecule has 4 nitrogen and oxygen atoms in total. The number of amides is 2. The summed E-state index contributed by atoms with van der Waals surface area (Å²) in [6.45, 7) is 2.77. The fraction of sp³-hybridized carbons (Fsp3) is 0.286. The Balaban J connectivity index is 1.86. The van der Waals surface area contributed by atoms with Crippen molar-refractivity contribution in [2.24, 2.45) is 0 Å². The molecule has 0 fully saturated rings. The molecule has 0 radical (unpaired) electrons. The van der Waals surface area contributed by atoms with Crippen molar-refractivity contribution in [2.45, 2.75) is 38.1 Å². The third-order valence-electron chi connectivity index (χ3n) is 5.60. The first-order valence-electron chi connectivity index (χ1n) is 11.7. The van der Waals surface area contributed by atoms with Gasteiger partial charge in [-0.15, -0.1) is 11.8 Å². The third kappa shape index (κ3) is 8.45. The summed E-state index contributed by atoms with van der Waals surface area (Å²) in [6, 6.07) is 21.9. The van der Waals surface area contributed by atoms with Crippen LogP contribution in [0.2, 0.25) is 15.1 Å². The van der Waals surface area contributed by atoms with Crippen molar-refractivity contribution < 1.29 is 9.59 Å². The average molecular weight is 564 g/mol. The first-order valence-corrected chi connectivity index (χ1v) is 14.0. The number of carbonyl (C=O) groups excluding carboxylic acids is 2. The Hall–Kier alpha value is -2.18. The largest absolute Gasteiger partial charge is 0.354 e. The monoisotopic (exact) mass is 562 g/mol. The van der Waals surface area contributed by atoms with Crippen LogP contribution in [0.25, 0.3) is 0 Å². The summed E-state index contributed by atoms with van der Waals surface area (Å²) < 4.78 is 0. The van der Waals surface area contributed by atoms with Crippen LogP contribution in [0.4, 0.5) is 0 Å². The van der Waals surface area contributed by atoms with Gasteiger partial charge in [0.1, 0.15) is 6.04 Å². The molecule has 0 aliphatic carbocycles. The van der Waals surface area contributed by atoms with Crippen LogP contribution in [0.5, 0.6) is 0 Å². The van der Waals surface area contributed by atoms with E-state index < -0.39 is 6.04 Å². The number of carbonyl (C=O) groups is 2. The molecule has 190 valence electrons. The van der Waals surface area contributed by atoms with Crippen molar-refractivity contribution in [1.82, 2.24) is 10.2 Å². The Morgan fingerprint density at radius 1 is 0.889 bits per heavy atom. The lowest BCUT2D eigenvalue weighted by Gasteiger charge is -2.31. The molecule has 2 amide bonds. The molecule has 3 rings (SSSR count). The van der Waals surface area contributed by atoms with E-state index in [4.69, 9.17) is 34.8 Å². The van der Waals surface area contributed by atoms with E-state index in [9.17, 15) is 9.59 Å². The molecule has 0 unspecified atom stereocenters. The van der Waals surface area contributed by atoms with Crippen LogP contribution in [-0.2, 0) is 28.3 Å². The minimum absolute atomic E-state index is 0.134. The smallest absolute Gasteiger partial charge is 0.243 e. The highest BCUT2D eigenvalue weighted by Crippen LogP contribution is 2.25. The van der Waals surface area contributed by atoms with E-state index in [0.29, 0.717) is 33.8 Å². The van der Waals surface area contributed by atoms with Gasteiger partial charge in [0.2, 0.25) is 11.8 Å². The molecule has 0 saturated carbocycles. The van der Waals surface area contributed by atoms with Gasteiger partial charge in [-0.25, -0.2) is 0 Å². The minimum Gasteiger partial charge on any atom is -0.354 e. The molecule has 0 aliphatic heterocycles. The number of nitrogens with zero attached hydrogens (tertiary/aromatic N) is 1. The summed E-state index contributed by atoms with van der Waals surface area (Å²) in [5.41, 5.74) is 2.74. The quantitative estimate of drug-likeness (QED) is 0.257. The maximum Gasteiger partial charge on any atom is 0.243 e. The van der Waals surface area contributed by atoms with Crippen LogP contribution in [-0.4, -0.2) is 35.1 Å². The van der Waals surface area contributed by atoms with Gasteiger partial charge in [0.05, 0.1) is 15.8 Å². The van der Waals surface area contributed by atoms with Gasteiger partial charge in [-0.05, 0) is 41.3 Å². The molecule has 8 heteroatoms. The highest BCUT2D eigenvalue weighted by molar-refractivity contribution is 7.99. The zero-order chi connectivity index (χ0) is 25.9. The molecule has 0 aliphatic rings. The highest BCUT2D eigenvalue weighted by atomic mass is 35.5. The maximum absolute atomic E-state index is 13.6. The number of benzene rings is 3. The van der Waals surface area contributed by atoms with E-state index in [0.717, 1.165) is 23.1 Å². The molecule has 1 atom stereocenters. The van der Waals surface area contributed by atoms with Crippen molar-refractivity contribution in [3.05, 3.63) is 105 Å². The van der Waals surface area contributed by atoms with Gasteiger partial charge >= 0.3 is 0 Å². The highest BCUT2D eigenvalue weighted by Gasteiger charge is 2.30. The zero-order valence-electron chi connectivity index (χ0n) is 20.1. The second-order valence-electron chi connectivity index (χ2n) is 8.35. The third-order valence-corrected chi connectivity index (χ3v) is 7.67. The van der Waals surface area contributed by atoms with E-state index in [1.54, 1.807) is 17.0 Å². The van der Waals surface area contributed by atoms with E-state index >= 15 is 0 Å². The lowest BCUT2D eigenvalue weighted by atomic mass is 10.0. The van der Waals surface area contributed by atoms with Gasteiger partial charge in [-0.2, -0.15) is 0 Å². The maximum atomic E-state index is 13.6. The molecule has 0 saturated heterocycles. The Morgan fingerprint density at radius 3 is 2.31 bits per heavy atom. The van der Waals surface area contributed by atoms with Crippen LogP contribution in [0.1, 0.15) is 30.0 Å². The lowest BCUT2D eigenvalue weighted by Crippen LogP contribution is -2.51. The van der Waals surface area contributed by atoms with Gasteiger partial charge in [0.15, 0.2) is 0 Å².